The highest BCUT2D eigenvalue weighted by atomic mass is 16.6. The summed E-state index contributed by atoms with van der Waals surface area (Å²) in [6.07, 6.45) is 6.97. The second kappa shape index (κ2) is 6.16. The zero-order valence-corrected chi connectivity index (χ0v) is 13.7. The molecule has 1 heterocycles. The molecule has 1 aromatic rings. The van der Waals surface area contributed by atoms with Crippen LogP contribution < -0.4 is 0 Å². The summed E-state index contributed by atoms with van der Waals surface area (Å²) in [7, 11) is 0. The molecule has 124 valence electrons. The minimum Gasteiger partial charge on any atom is -0.445 e. The molecular formula is C19H26N2O2. The van der Waals surface area contributed by atoms with Crippen LogP contribution in [0, 0.1) is 5.41 Å². The van der Waals surface area contributed by atoms with E-state index in [0.717, 1.165) is 43.2 Å². The van der Waals surface area contributed by atoms with E-state index in [0.29, 0.717) is 6.61 Å². The first-order valence-corrected chi connectivity index (χ1v) is 8.94. The van der Waals surface area contributed by atoms with Crippen molar-refractivity contribution < 1.29 is 9.53 Å². The van der Waals surface area contributed by atoms with Crippen molar-refractivity contribution in [1.82, 2.24) is 9.80 Å². The van der Waals surface area contributed by atoms with Crippen LogP contribution in [0.5, 0.6) is 0 Å². The highest BCUT2D eigenvalue weighted by Crippen LogP contribution is 2.57. The Morgan fingerprint density at radius 1 is 1.09 bits per heavy atom. The third-order valence-corrected chi connectivity index (χ3v) is 6.05. The van der Waals surface area contributed by atoms with Gasteiger partial charge in [0.25, 0.3) is 0 Å². The van der Waals surface area contributed by atoms with Crippen LogP contribution in [0.15, 0.2) is 30.3 Å². The molecule has 0 N–H and O–H groups in total. The lowest BCUT2D eigenvalue weighted by Crippen LogP contribution is -2.59. The van der Waals surface area contributed by atoms with Gasteiger partial charge in [-0.1, -0.05) is 36.8 Å². The second-order valence-electron chi connectivity index (χ2n) is 7.48. The molecule has 1 amide bonds. The van der Waals surface area contributed by atoms with E-state index < -0.39 is 0 Å². The van der Waals surface area contributed by atoms with Crippen molar-refractivity contribution in [3.63, 3.8) is 0 Å². The van der Waals surface area contributed by atoms with Crippen molar-refractivity contribution in [3.8, 4) is 0 Å². The molecule has 23 heavy (non-hydrogen) atoms. The zero-order valence-electron chi connectivity index (χ0n) is 13.7. The van der Waals surface area contributed by atoms with E-state index >= 15 is 0 Å². The average molecular weight is 314 g/mol. The Balaban J connectivity index is 1.19. The SMILES string of the molecule is O=C(OCc1ccccc1)N1CCN(C2CC3(CCC3)C2)CC1. The first-order valence-electron chi connectivity index (χ1n) is 8.94. The van der Waals surface area contributed by atoms with Crippen molar-refractivity contribution in [1.29, 1.82) is 0 Å². The maximum absolute atomic E-state index is 12.2. The van der Waals surface area contributed by atoms with Gasteiger partial charge < -0.3 is 9.64 Å². The Bertz CT molecular complexity index is 540. The molecule has 0 bridgehead atoms. The normalized spacial score (nSPS) is 24.1. The smallest absolute Gasteiger partial charge is 0.410 e. The first-order chi connectivity index (χ1) is 11.2. The summed E-state index contributed by atoms with van der Waals surface area (Å²) in [5, 5.41) is 0. The molecular weight excluding hydrogens is 288 g/mol. The Morgan fingerprint density at radius 2 is 1.78 bits per heavy atom. The summed E-state index contributed by atoms with van der Waals surface area (Å²) >= 11 is 0. The standard InChI is InChI=1S/C19H26N2O2/c22-18(23-15-16-5-2-1-3-6-16)21-11-9-20(10-12-21)17-13-19(14-17)7-4-8-19/h1-3,5-6,17H,4,7-15H2. The topological polar surface area (TPSA) is 32.8 Å². The maximum atomic E-state index is 12.2. The van der Waals surface area contributed by atoms with E-state index in [2.05, 4.69) is 4.90 Å². The molecule has 0 unspecified atom stereocenters. The predicted octanol–water partition coefficient (Wildman–Crippen LogP) is 3.27. The number of benzene rings is 1. The van der Waals surface area contributed by atoms with Gasteiger partial charge in [0, 0.05) is 32.2 Å². The van der Waals surface area contributed by atoms with Crippen LogP contribution in [0.2, 0.25) is 0 Å². The van der Waals surface area contributed by atoms with Gasteiger partial charge in [-0.2, -0.15) is 0 Å². The summed E-state index contributed by atoms with van der Waals surface area (Å²) in [6.45, 7) is 3.97. The lowest BCUT2D eigenvalue weighted by atomic mass is 9.54. The van der Waals surface area contributed by atoms with E-state index in [9.17, 15) is 4.79 Å². The fourth-order valence-corrected chi connectivity index (χ4v) is 4.36. The molecule has 2 aliphatic carbocycles. The molecule has 1 saturated heterocycles. The summed E-state index contributed by atoms with van der Waals surface area (Å²) in [6, 6.07) is 10.7. The van der Waals surface area contributed by atoms with Crippen LogP contribution >= 0.6 is 0 Å². The molecule has 0 atom stereocenters. The van der Waals surface area contributed by atoms with Crippen molar-refractivity contribution in [2.45, 2.75) is 44.8 Å². The molecule has 2 saturated carbocycles. The fraction of sp³-hybridized carbons (Fsp3) is 0.632. The molecule has 4 heteroatoms. The number of carbonyl (C=O) groups excluding carboxylic acids is 1. The Kier molecular flexibility index (Phi) is 4.02. The maximum Gasteiger partial charge on any atom is 0.410 e. The molecule has 4 rings (SSSR count). The van der Waals surface area contributed by atoms with E-state index in [1.165, 1.54) is 32.1 Å². The Hall–Kier alpha value is -1.55. The monoisotopic (exact) mass is 314 g/mol. The zero-order chi connectivity index (χ0) is 15.7. The number of rotatable bonds is 3. The molecule has 4 nitrogen and oxygen atoms in total. The highest BCUT2D eigenvalue weighted by Gasteiger charge is 2.50. The van der Waals surface area contributed by atoms with Crippen molar-refractivity contribution >= 4 is 6.09 Å². The second-order valence-corrected chi connectivity index (χ2v) is 7.48. The predicted molar refractivity (Wildman–Crippen MR) is 89.1 cm³/mol. The third-order valence-electron chi connectivity index (χ3n) is 6.05. The average Bonchev–Trinajstić information content (AvgIpc) is 2.52. The number of hydrogen-bond donors (Lipinski definition) is 0. The van der Waals surface area contributed by atoms with Crippen LogP contribution in [0.3, 0.4) is 0 Å². The first kappa shape index (κ1) is 15.0. The molecule has 1 aliphatic heterocycles. The summed E-state index contributed by atoms with van der Waals surface area (Å²) < 4.78 is 5.43. The van der Waals surface area contributed by atoms with Gasteiger partial charge in [0.1, 0.15) is 6.61 Å². The van der Waals surface area contributed by atoms with Crippen molar-refractivity contribution in [2.75, 3.05) is 26.2 Å². The van der Waals surface area contributed by atoms with Gasteiger partial charge in [-0.25, -0.2) is 4.79 Å². The number of hydrogen-bond acceptors (Lipinski definition) is 3. The molecule has 1 spiro atoms. The van der Waals surface area contributed by atoms with Gasteiger partial charge in [-0.15, -0.1) is 0 Å². The van der Waals surface area contributed by atoms with Crippen LogP contribution in [0.4, 0.5) is 4.79 Å². The van der Waals surface area contributed by atoms with Crippen LogP contribution in [-0.4, -0.2) is 48.1 Å². The molecule has 0 aromatic heterocycles. The minimum absolute atomic E-state index is 0.169. The lowest BCUT2D eigenvalue weighted by molar-refractivity contribution is -0.0660. The minimum atomic E-state index is -0.169. The van der Waals surface area contributed by atoms with Gasteiger partial charge in [-0.3, -0.25) is 4.90 Å². The van der Waals surface area contributed by atoms with Crippen molar-refractivity contribution in [2.24, 2.45) is 5.41 Å². The molecule has 1 aromatic carbocycles. The van der Waals surface area contributed by atoms with Gasteiger partial charge >= 0.3 is 6.09 Å². The number of nitrogens with zero attached hydrogens (tertiary/aromatic N) is 2. The lowest BCUT2D eigenvalue weighted by Gasteiger charge is -2.58. The van der Waals surface area contributed by atoms with Crippen LogP contribution in [0.25, 0.3) is 0 Å². The number of ether oxygens (including phenoxy) is 1. The van der Waals surface area contributed by atoms with E-state index in [1.807, 2.05) is 35.2 Å². The molecule has 3 aliphatic rings. The van der Waals surface area contributed by atoms with Gasteiger partial charge in [0.05, 0.1) is 0 Å². The van der Waals surface area contributed by atoms with Gasteiger partial charge in [0.15, 0.2) is 0 Å². The summed E-state index contributed by atoms with van der Waals surface area (Å²) in [5.74, 6) is 0. The molecule has 0 radical (unpaired) electrons. The molecule has 3 fully saturated rings. The quantitative estimate of drug-likeness (QED) is 0.858. The highest BCUT2D eigenvalue weighted by molar-refractivity contribution is 5.67. The fourth-order valence-electron chi connectivity index (χ4n) is 4.36. The van der Waals surface area contributed by atoms with E-state index in [1.54, 1.807) is 0 Å². The Labute approximate surface area is 138 Å². The largest absolute Gasteiger partial charge is 0.445 e. The van der Waals surface area contributed by atoms with Crippen LogP contribution in [0.1, 0.15) is 37.7 Å². The van der Waals surface area contributed by atoms with Gasteiger partial charge in [0.2, 0.25) is 0 Å². The van der Waals surface area contributed by atoms with Gasteiger partial charge in [-0.05, 0) is 36.7 Å². The number of amides is 1. The summed E-state index contributed by atoms with van der Waals surface area (Å²) in [4.78, 5) is 16.6. The summed E-state index contributed by atoms with van der Waals surface area (Å²) in [5.41, 5.74) is 1.77. The number of piperazine rings is 1. The third kappa shape index (κ3) is 3.09. The van der Waals surface area contributed by atoms with Crippen LogP contribution in [-0.2, 0) is 11.3 Å². The number of carbonyl (C=O) groups is 1. The van der Waals surface area contributed by atoms with Crippen molar-refractivity contribution in [3.05, 3.63) is 35.9 Å². The van der Waals surface area contributed by atoms with E-state index in [4.69, 9.17) is 4.74 Å². The van der Waals surface area contributed by atoms with E-state index in [-0.39, 0.29) is 6.09 Å². The Morgan fingerprint density at radius 3 is 2.39 bits per heavy atom.